The number of piperidine rings is 1. The highest BCUT2D eigenvalue weighted by atomic mass is 16.6. The summed E-state index contributed by atoms with van der Waals surface area (Å²) in [5, 5.41) is 2.91. The van der Waals surface area contributed by atoms with Gasteiger partial charge in [-0.1, -0.05) is 25.5 Å². The summed E-state index contributed by atoms with van der Waals surface area (Å²) in [4.78, 5) is 30.4. The summed E-state index contributed by atoms with van der Waals surface area (Å²) in [6.07, 6.45) is 6.89. The van der Waals surface area contributed by atoms with Crippen LogP contribution in [0.4, 0.5) is 4.79 Å². The van der Waals surface area contributed by atoms with Gasteiger partial charge >= 0.3 is 6.09 Å². The van der Waals surface area contributed by atoms with Crippen molar-refractivity contribution in [3.63, 3.8) is 0 Å². The predicted octanol–water partition coefficient (Wildman–Crippen LogP) is 3.74. The third kappa shape index (κ3) is 5.91. The second-order valence-electron chi connectivity index (χ2n) is 12.4. The molecule has 204 valence electrons. The lowest BCUT2D eigenvalue weighted by Crippen LogP contribution is -2.55. The number of nitrogens with one attached hydrogen (secondary N) is 1. The van der Waals surface area contributed by atoms with E-state index in [4.69, 9.17) is 14.2 Å². The van der Waals surface area contributed by atoms with Gasteiger partial charge in [0.05, 0.1) is 23.9 Å². The molecule has 3 heterocycles. The van der Waals surface area contributed by atoms with Crippen molar-refractivity contribution < 1.29 is 23.8 Å². The van der Waals surface area contributed by atoms with E-state index in [0.29, 0.717) is 0 Å². The van der Waals surface area contributed by atoms with E-state index >= 15 is 0 Å². The van der Waals surface area contributed by atoms with Crippen LogP contribution >= 0.6 is 0 Å². The number of amides is 2. The van der Waals surface area contributed by atoms with Crippen LogP contribution < -0.4 is 5.32 Å². The molecule has 1 spiro atoms. The number of hydrogen-bond acceptors (Lipinski definition) is 6. The number of nitrogens with zero attached hydrogens (tertiary/aromatic N) is 2. The van der Waals surface area contributed by atoms with Gasteiger partial charge in [-0.3, -0.25) is 4.79 Å². The maximum Gasteiger partial charge on any atom is 0.408 e. The lowest BCUT2D eigenvalue weighted by Gasteiger charge is -2.38. The van der Waals surface area contributed by atoms with Gasteiger partial charge in [0.25, 0.3) is 0 Å². The second-order valence-corrected chi connectivity index (χ2v) is 12.4. The number of likely N-dealkylation sites (tertiary alicyclic amines) is 1. The summed E-state index contributed by atoms with van der Waals surface area (Å²) in [5.41, 5.74) is 0.925. The molecule has 3 aliphatic heterocycles. The summed E-state index contributed by atoms with van der Waals surface area (Å²) in [7, 11) is 3.97. The Labute approximate surface area is 217 Å². The minimum absolute atomic E-state index is 0.0318. The van der Waals surface area contributed by atoms with E-state index in [1.54, 1.807) is 0 Å². The lowest BCUT2D eigenvalue weighted by atomic mass is 9.70. The summed E-state index contributed by atoms with van der Waals surface area (Å²) < 4.78 is 18.1. The molecule has 1 aliphatic carbocycles. The van der Waals surface area contributed by atoms with Gasteiger partial charge in [0, 0.05) is 19.0 Å². The normalized spacial score (nSPS) is 35.3. The number of allylic oxidation sites excluding steroid dienone is 1. The van der Waals surface area contributed by atoms with Crippen molar-refractivity contribution in [3.05, 3.63) is 11.6 Å². The van der Waals surface area contributed by atoms with Gasteiger partial charge in [-0.15, -0.1) is 0 Å². The predicted molar refractivity (Wildman–Crippen MR) is 139 cm³/mol. The summed E-state index contributed by atoms with van der Waals surface area (Å²) in [6.45, 7) is 13.1. The van der Waals surface area contributed by atoms with Crippen molar-refractivity contribution in [2.45, 2.75) is 109 Å². The number of alkyl carbamates (subject to hydrolysis) is 1. The maximum absolute atomic E-state index is 13.3. The van der Waals surface area contributed by atoms with Crippen molar-refractivity contribution in [2.75, 3.05) is 33.8 Å². The Morgan fingerprint density at radius 1 is 1.22 bits per heavy atom. The molecule has 4 aliphatic rings. The highest BCUT2D eigenvalue weighted by Crippen LogP contribution is 2.59. The minimum Gasteiger partial charge on any atom is -0.446 e. The zero-order valence-electron chi connectivity index (χ0n) is 23.3. The monoisotopic (exact) mass is 505 g/mol. The molecule has 0 aromatic carbocycles. The molecule has 8 nitrogen and oxygen atoms in total. The van der Waals surface area contributed by atoms with Crippen molar-refractivity contribution in [1.82, 2.24) is 15.1 Å². The molecular formula is C28H47N3O5. The smallest absolute Gasteiger partial charge is 0.408 e. The van der Waals surface area contributed by atoms with E-state index in [1.807, 2.05) is 25.8 Å². The fraction of sp³-hybridized carbons (Fsp3) is 0.857. The molecule has 0 aromatic rings. The van der Waals surface area contributed by atoms with E-state index in [0.717, 1.165) is 58.2 Å². The molecule has 0 bridgehead atoms. The van der Waals surface area contributed by atoms with Crippen LogP contribution in [0.2, 0.25) is 0 Å². The molecule has 2 amide bonds. The molecule has 6 atom stereocenters. The molecule has 4 rings (SSSR count). The second kappa shape index (κ2) is 10.6. The van der Waals surface area contributed by atoms with Crippen LogP contribution in [0.1, 0.15) is 73.1 Å². The van der Waals surface area contributed by atoms with Crippen LogP contribution in [0.3, 0.4) is 0 Å². The van der Waals surface area contributed by atoms with E-state index < -0.39 is 12.1 Å². The third-order valence-electron chi connectivity index (χ3n) is 9.01. The number of carbonyl (C=O) groups is 2. The van der Waals surface area contributed by atoms with Gasteiger partial charge < -0.3 is 29.3 Å². The van der Waals surface area contributed by atoms with E-state index in [-0.39, 0.29) is 47.2 Å². The van der Waals surface area contributed by atoms with E-state index in [9.17, 15) is 9.59 Å². The Balaban J connectivity index is 1.33. The molecule has 4 fully saturated rings. The quantitative estimate of drug-likeness (QED) is 0.399. The Kier molecular flexibility index (Phi) is 8.08. The zero-order chi connectivity index (χ0) is 26.3. The number of rotatable bonds is 8. The first-order valence-electron chi connectivity index (χ1n) is 13.8. The zero-order valence-corrected chi connectivity index (χ0v) is 23.3. The lowest BCUT2D eigenvalue weighted by molar-refractivity contribution is -0.136. The number of ether oxygens (including phenoxy) is 3. The van der Waals surface area contributed by atoms with Crippen LogP contribution in [0, 0.1) is 11.8 Å². The number of epoxide rings is 2. The van der Waals surface area contributed by atoms with Gasteiger partial charge in [-0.05, 0) is 85.4 Å². The van der Waals surface area contributed by atoms with Gasteiger partial charge in [0.1, 0.15) is 12.1 Å². The van der Waals surface area contributed by atoms with Gasteiger partial charge in [-0.2, -0.15) is 0 Å². The summed E-state index contributed by atoms with van der Waals surface area (Å²) in [5.74, 6) is 0.130. The molecule has 0 aromatic heterocycles. The fourth-order valence-corrected chi connectivity index (χ4v) is 6.29. The van der Waals surface area contributed by atoms with Gasteiger partial charge in [0.2, 0.25) is 5.91 Å². The van der Waals surface area contributed by atoms with E-state index in [2.05, 4.69) is 44.1 Å². The maximum atomic E-state index is 13.3. The fourth-order valence-electron chi connectivity index (χ4n) is 6.29. The Hall–Kier alpha value is -1.64. The molecule has 36 heavy (non-hydrogen) atoms. The van der Waals surface area contributed by atoms with Crippen LogP contribution in [-0.4, -0.2) is 91.1 Å². The highest BCUT2D eigenvalue weighted by molar-refractivity contribution is 5.86. The molecule has 1 saturated carbocycles. The Morgan fingerprint density at radius 3 is 2.47 bits per heavy atom. The van der Waals surface area contributed by atoms with Crippen molar-refractivity contribution in [2.24, 2.45) is 11.8 Å². The van der Waals surface area contributed by atoms with Crippen LogP contribution in [0.25, 0.3) is 0 Å². The molecule has 0 radical (unpaired) electrons. The Morgan fingerprint density at radius 2 is 1.89 bits per heavy atom. The number of carbonyl (C=O) groups excluding carboxylic acids is 2. The minimum atomic E-state index is -0.600. The topological polar surface area (TPSA) is 86.9 Å². The average molecular weight is 506 g/mol. The Bertz CT molecular complexity index is 844. The number of hydrogen-bond donors (Lipinski definition) is 1. The molecule has 1 N–H and O–H groups in total. The third-order valence-corrected chi connectivity index (χ3v) is 9.01. The van der Waals surface area contributed by atoms with Crippen LogP contribution in [-0.2, 0) is 19.0 Å². The molecule has 8 heteroatoms. The summed E-state index contributed by atoms with van der Waals surface area (Å²) in [6, 6.07) is -0.391. The largest absolute Gasteiger partial charge is 0.446 e. The number of likely N-dealkylation sites (N-methyl/N-ethyl adjacent to an activating group) is 1. The standard InChI is InChI=1S/C28H47N3O5/c1-18(2)8-9-23-27(5,36-23)22-16-21(10-13-28(22)17-34-28)35-26(33)29-24(19(3)4)25(32)31(7)20-11-14-30(6)15-12-20/h8,19-24H,9-17H2,1-7H3,(H,29,33)/t21-,22?,23-,24-,27-,28+/m1/s1. The first kappa shape index (κ1) is 27.4. The SMILES string of the molecule is CC(C)=CC[C@H]1O[C@]1(C)C1C[C@H](OC(=O)N[C@@H](C(=O)N(C)C2CCN(C)CC2)C(C)C)CC[C@]12CO2. The van der Waals surface area contributed by atoms with E-state index in [1.165, 1.54) is 5.57 Å². The van der Waals surface area contributed by atoms with Gasteiger partial charge in [0.15, 0.2) is 0 Å². The molecular weight excluding hydrogens is 458 g/mol. The average Bonchev–Trinajstić information content (AvgIpc) is 3.74. The molecule has 1 unspecified atom stereocenters. The first-order chi connectivity index (χ1) is 16.9. The van der Waals surface area contributed by atoms with Gasteiger partial charge in [-0.25, -0.2) is 4.79 Å². The summed E-state index contributed by atoms with van der Waals surface area (Å²) >= 11 is 0. The van der Waals surface area contributed by atoms with Crippen molar-refractivity contribution in [3.8, 4) is 0 Å². The van der Waals surface area contributed by atoms with Crippen molar-refractivity contribution in [1.29, 1.82) is 0 Å². The van der Waals surface area contributed by atoms with Crippen molar-refractivity contribution >= 4 is 12.0 Å². The highest BCUT2D eigenvalue weighted by Gasteiger charge is 2.68. The van der Waals surface area contributed by atoms with Crippen LogP contribution in [0.5, 0.6) is 0 Å². The first-order valence-corrected chi connectivity index (χ1v) is 13.8. The van der Waals surface area contributed by atoms with Crippen LogP contribution in [0.15, 0.2) is 11.6 Å². The molecule has 3 saturated heterocycles.